The van der Waals surface area contributed by atoms with Crippen molar-refractivity contribution < 1.29 is 23.7 Å². The van der Waals surface area contributed by atoms with E-state index in [2.05, 4.69) is 46.4 Å². The van der Waals surface area contributed by atoms with Gasteiger partial charge < -0.3 is 19.8 Å². The van der Waals surface area contributed by atoms with Crippen molar-refractivity contribution in [2.45, 2.75) is 90.1 Å². The molecular formula is C40H49F2N5O3. The lowest BCUT2D eigenvalue weighted by molar-refractivity contribution is -0.0692. The van der Waals surface area contributed by atoms with Gasteiger partial charge in [0.15, 0.2) is 5.83 Å². The molecule has 2 saturated carbocycles. The third-order valence-corrected chi connectivity index (χ3v) is 11.2. The number of phenolic OH excluding ortho intramolecular Hbond substituents is 1. The molecule has 2 unspecified atom stereocenters. The maximum absolute atomic E-state index is 17.0. The number of hydrogen-bond donors (Lipinski definition) is 2. The molecule has 8 nitrogen and oxygen atoms in total. The maximum atomic E-state index is 17.0. The Hall–Kier alpha value is -3.91. The van der Waals surface area contributed by atoms with Crippen molar-refractivity contribution in [3.05, 3.63) is 58.4 Å². The van der Waals surface area contributed by atoms with E-state index in [-0.39, 0.29) is 63.9 Å². The number of halogens is 2. The van der Waals surface area contributed by atoms with E-state index in [0.717, 1.165) is 51.0 Å². The average molecular weight is 686 g/mol. The number of piperidine rings is 1. The lowest BCUT2D eigenvalue weighted by atomic mass is 9.72. The SMILES string of the molecule is C#Cc1c(F)ccc2cc(O)cc(C3=C(F)C(=N/COCC45CCCC4N(C4CC(C)C4)CCC5)/C(=C(\N=C)N(CO)CCCCC)C=N3)c12. The van der Waals surface area contributed by atoms with E-state index in [9.17, 15) is 14.6 Å². The van der Waals surface area contributed by atoms with Gasteiger partial charge in [-0.1, -0.05) is 45.1 Å². The number of phenols is 1. The summed E-state index contributed by atoms with van der Waals surface area (Å²) in [4.78, 5) is 17.7. The first-order chi connectivity index (χ1) is 24.2. The van der Waals surface area contributed by atoms with E-state index in [1.165, 1.54) is 56.2 Å². The van der Waals surface area contributed by atoms with Crippen molar-refractivity contribution >= 4 is 35.1 Å². The predicted octanol–water partition coefficient (Wildman–Crippen LogP) is 7.59. The van der Waals surface area contributed by atoms with E-state index in [1.807, 2.05) is 0 Å². The third-order valence-electron chi connectivity index (χ3n) is 11.2. The van der Waals surface area contributed by atoms with Crippen LogP contribution in [-0.2, 0) is 4.74 Å². The topological polar surface area (TPSA) is 93.3 Å². The molecule has 10 heteroatoms. The fourth-order valence-corrected chi connectivity index (χ4v) is 8.75. The number of aliphatic hydroxyl groups is 1. The molecule has 2 aliphatic heterocycles. The summed E-state index contributed by atoms with van der Waals surface area (Å²) in [5, 5.41) is 21.6. The van der Waals surface area contributed by atoms with Gasteiger partial charge in [0.25, 0.3) is 0 Å². The molecule has 0 radical (unpaired) electrons. The van der Waals surface area contributed by atoms with Gasteiger partial charge in [-0.05, 0) is 87.7 Å². The standard InChI is InChI=1S/C40H49F2N5O3/c1-5-7-8-16-46(25-48)39(43-4)32-22-44-37(31-21-29(49)20-27-12-13-33(41)30(6-2)35(27)31)36(42)38(32)45-24-50-23-40-14-9-11-34(40)47(17-10-15-40)28-18-26(3)19-28/h2,12-13,20-22,26,28,34,48-49H,4-5,7-11,14-19,23-25H2,1,3H3/b39-32+,45-38+. The van der Waals surface area contributed by atoms with Gasteiger partial charge in [-0.15, -0.1) is 6.42 Å². The minimum Gasteiger partial charge on any atom is -0.508 e. The normalized spacial score (nSPS) is 27.0. The Balaban J connectivity index is 1.36. The number of likely N-dealkylation sites (tertiary alicyclic amines) is 1. The van der Waals surface area contributed by atoms with Crippen molar-refractivity contribution in [2.24, 2.45) is 26.3 Å². The van der Waals surface area contributed by atoms with Gasteiger partial charge in [0.1, 0.15) is 42.3 Å². The summed E-state index contributed by atoms with van der Waals surface area (Å²) in [5.74, 6) is 1.81. The van der Waals surface area contributed by atoms with Gasteiger partial charge in [-0.2, -0.15) is 0 Å². The Morgan fingerprint density at radius 2 is 2.02 bits per heavy atom. The molecule has 6 rings (SSSR count). The Bertz CT molecular complexity index is 1770. The summed E-state index contributed by atoms with van der Waals surface area (Å²) in [7, 11) is 0. The zero-order valence-electron chi connectivity index (χ0n) is 29.3. The van der Waals surface area contributed by atoms with Gasteiger partial charge in [0, 0.05) is 41.2 Å². The Morgan fingerprint density at radius 3 is 2.74 bits per heavy atom. The van der Waals surface area contributed by atoms with Crippen molar-refractivity contribution in [2.75, 3.05) is 33.2 Å². The summed E-state index contributed by atoms with van der Waals surface area (Å²) in [6.45, 7) is 9.84. The number of allylic oxidation sites excluding steroid dienone is 2. The van der Waals surface area contributed by atoms with Crippen molar-refractivity contribution in [1.82, 2.24) is 9.80 Å². The molecule has 3 fully saturated rings. The number of ether oxygens (including phenoxy) is 1. The number of nitrogens with zero attached hydrogens (tertiary/aromatic N) is 5. The maximum Gasteiger partial charge on any atom is 0.175 e. The molecule has 2 aromatic rings. The lowest BCUT2D eigenvalue weighted by Crippen LogP contribution is -2.57. The third kappa shape index (κ3) is 6.88. The van der Waals surface area contributed by atoms with Crippen LogP contribution >= 0.6 is 0 Å². The fourth-order valence-electron chi connectivity index (χ4n) is 8.75. The highest BCUT2D eigenvalue weighted by Crippen LogP contribution is 2.50. The second-order valence-corrected chi connectivity index (χ2v) is 14.4. The highest BCUT2D eigenvalue weighted by molar-refractivity contribution is 6.29. The number of unbranched alkanes of at least 4 members (excludes halogenated alkanes) is 2. The fraction of sp³-hybridized carbons (Fsp3) is 0.525. The first-order valence-corrected chi connectivity index (χ1v) is 18.1. The molecule has 1 saturated heterocycles. The van der Waals surface area contributed by atoms with Crippen LogP contribution in [-0.4, -0.2) is 83.9 Å². The first kappa shape index (κ1) is 35.9. The van der Waals surface area contributed by atoms with E-state index < -0.39 is 11.6 Å². The molecular weight excluding hydrogens is 636 g/mol. The van der Waals surface area contributed by atoms with Crippen molar-refractivity contribution in [1.29, 1.82) is 0 Å². The van der Waals surface area contributed by atoms with Crippen LogP contribution in [0.4, 0.5) is 8.78 Å². The van der Waals surface area contributed by atoms with Crippen molar-refractivity contribution in [3.63, 3.8) is 0 Å². The zero-order chi connectivity index (χ0) is 35.4. The summed E-state index contributed by atoms with van der Waals surface area (Å²) in [6, 6.07) is 6.62. The minimum absolute atomic E-state index is 0.0560. The quantitative estimate of drug-likeness (QED) is 0.0982. The Kier molecular flexibility index (Phi) is 11.2. The molecule has 2 heterocycles. The summed E-state index contributed by atoms with van der Waals surface area (Å²) >= 11 is 0. The van der Waals surface area contributed by atoms with Crippen LogP contribution in [0.1, 0.15) is 89.2 Å². The second-order valence-electron chi connectivity index (χ2n) is 14.4. The number of rotatable bonds is 13. The number of fused-ring (bicyclic) bond motifs is 2. The monoisotopic (exact) mass is 685 g/mol. The van der Waals surface area contributed by atoms with E-state index in [1.54, 1.807) is 4.90 Å². The molecule has 2 N–H and O–H groups in total. The summed E-state index contributed by atoms with van der Waals surface area (Å²) in [6.07, 6.45) is 18.1. The second kappa shape index (κ2) is 15.5. The highest BCUT2D eigenvalue weighted by Gasteiger charge is 2.50. The molecule has 50 heavy (non-hydrogen) atoms. The van der Waals surface area contributed by atoms with Crippen LogP contribution in [0, 0.1) is 29.5 Å². The molecule has 0 amide bonds. The lowest BCUT2D eigenvalue weighted by Gasteiger charge is -2.53. The van der Waals surface area contributed by atoms with Gasteiger partial charge in [-0.25, -0.2) is 13.8 Å². The summed E-state index contributed by atoms with van der Waals surface area (Å²) < 4.78 is 38.3. The number of hydrogen-bond acceptors (Lipinski definition) is 8. The molecule has 0 spiro atoms. The average Bonchev–Trinajstić information content (AvgIpc) is 3.53. The molecule has 2 aromatic carbocycles. The number of aliphatic imine (C=N–C) groups is 3. The van der Waals surface area contributed by atoms with Gasteiger partial charge in [-0.3, -0.25) is 14.9 Å². The van der Waals surface area contributed by atoms with E-state index in [0.29, 0.717) is 30.6 Å². The number of aliphatic hydroxyl groups excluding tert-OH is 1. The molecule has 2 atom stereocenters. The Labute approximate surface area is 294 Å². The number of aromatic hydroxyl groups is 1. The van der Waals surface area contributed by atoms with Gasteiger partial charge in [0.2, 0.25) is 0 Å². The van der Waals surface area contributed by atoms with Crippen LogP contribution in [0.2, 0.25) is 0 Å². The Morgan fingerprint density at radius 1 is 1.22 bits per heavy atom. The zero-order valence-corrected chi connectivity index (χ0v) is 29.3. The van der Waals surface area contributed by atoms with Gasteiger partial charge in [0.05, 0.1) is 17.7 Å². The van der Waals surface area contributed by atoms with Crippen LogP contribution in [0.15, 0.2) is 56.5 Å². The predicted molar refractivity (Wildman–Crippen MR) is 196 cm³/mol. The smallest absolute Gasteiger partial charge is 0.175 e. The molecule has 0 bridgehead atoms. The molecule has 0 aromatic heterocycles. The summed E-state index contributed by atoms with van der Waals surface area (Å²) in [5.41, 5.74) is 0.131. The van der Waals surface area contributed by atoms with Crippen LogP contribution in [0.3, 0.4) is 0 Å². The van der Waals surface area contributed by atoms with Gasteiger partial charge >= 0.3 is 0 Å². The largest absolute Gasteiger partial charge is 0.508 e. The van der Waals surface area contributed by atoms with Crippen LogP contribution < -0.4 is 0 Å². The minimum atomic E-state index is -0.808. The molecule has 4 aliphatic rings. The van der Waals surface area contributed by atoms with E-state index in [4.69, 9.17) is 11.2 Å². The molecule has 2 aliphatic carbocycles. The molecule has 266 valence electrons. The number of terminal acetylenes is 1. The highest BCUT2D eigenvalue weighted by atomic mass is 19.1. The van der Waals surface area contributed by atoms with E-state index >= 15 is 4.39 Å². The first-order valence-electron chi connectivity index (χ1n) is 18.1. The number of benzene rings is 2. The van der Waals surface area contributed by atoms with Crippen LogP contribution in [0.5, 0.6) is 5.75 Å². The van der Waals surface area contributed by atoms with Crippen LogP contribution in [0.25, 0.3) is 16.5 Å². The van der Waals surface area contributed by atoms with Crippen molar-refractivity contribution in [3.8, 4) is 18.1 Å².